The smallest absolute Gasteiger partial charge is 0.119 e. The minimum absolute atomic E-state index is 0.584. The first-order valence-corrected chi connectivity index (χ1v) is 6.09. The van der Waals surface area contributed by atoms with Crippen LogP contribution in [0.3, 0.4) is 0 Å². The lowest BCUT2D eigenvalue weighted by molar-refractivity contribution is 0.251. The third-order valence-corrected chi connectivity index (χ3v) is 2.74. The Balaban J connectivity index is 2.51. The van der Waals surface area contributed by atoms with E-state index in [0.29, 0.717) is 11.6 Å². The van der Waals surface area contributed by atoms with Crippen LogP contribution in [-0.2, 0) is 0 Å². The van der Waals surface area contributed by atoms with Gasteiger partial charge >= 0.3 is 0 Å². The summed E-state index contributed by atoms with van der Waals surface area (Å²) in [5.41, 5.74) is 1.51. The third kappa shape index (κ3) is 4.47. The minimum Gasteiger partial charge on any atom is -0.493 e. The van der Waals surface area contributed by atoms with Crippen molar-refractivity contribution in [2.75, 3.05) is 6.61 Å². The van der Waals surface area contributed by atoms with Gasteiger partial charge in [0, 0.05) is 0 Å². The average molecular weight is 235 g/mol. The maximum atomic E-state index is 8.65. The number of benzene rings is 1. The molecule has 1 rings (SSSR count). The van der Waals surface area contributed by atoms with Crippen LogP contribution in [0.4, 0.5) is 0 Å². The molecule has 0 amide bonds. The molecule has 0 aliphatic carbocycles. The minimum atomic E-state index is 0.584. The molecule has 1 aromatic carbocycles. The predicted octanol–water partition coefficient (Wildman–Crippen LogP) is 3.70. The summed E-state index contributed by atoms with van der Waals surface area (Å²) in [4.78, 5) is 0. The van der Waals surface area contributed by atoms with E-state index in [1.165, 1.54) is 12.8 Å². The third-order valence-electron chi connectivity index (χ3n) is 2.74. The first-order valence-electron chi connectivity index (χ1n) is 6.09. The van der Waals surface area contributed by atoms with E-state index >= 15 is 0 Å². The lowest BCUT2D eigenvalue weighted by atomic mass is 10.1. The molecule has 0 radical (unpaired) electrons. The zero-order valence-electron chi connectivity index (χ0n) is 10.8. The van der Waals surface area contributed by atoms with Crippen LogP contribution in [0.2, 0.25) is 0 Å². The summed E-state index contributed by atoms with van der Waals surface area (Å²) in [7, 11) is 0. The van der Waals surface area contributed by atoms with Crippen LogP contribution in [0.25, 0.3) is 0 Å². The van der Waals surface area contributed by atoms with Gasteiger partial charge in [0.15, 0.2) is 0 Å². The van der Waals surface area contributed by atoms with Crippen molar-refractivity contribution in [2.45, 2.75) is 33.6 Å². The van der Waals surface area contributed by atoms with E-state index in [1.54, 1.807) is 6.92 Å². The van der Waals surface area contributed by atoms with E-state index in [2.05, 4.69) is 19.0 Å². The molecular formula is C14H21NO2. The highest BCUT2D eigenvalue weighted by Gasteiger charge is 2.03. The van der Waals surface area contributed by atoms with E-state index in [9.17, 15) is 0 Å². The number of ether oxygens (including phenoxy) is 1. The van der Waals surface area contributed by atoms with Gasteiger partial charge in [-0.1, -0.05) is 25.4 Å². The maximum Gasteiger partial charge on any atom is 0.119 e. The van der Waals surface area contributed by atoms with Crippen LogP contribution >= 0.6 is 0 Å². The first-order chi connectivity index (χ1) is 8.17. The SMILES string of the molecule is CCCC(C)COc1ccc(/C(C)=N/O)cc1. The van der Waals surface area contributed by atoms with Gasteiger partial charge in [0.2, 0.25) is 0 Å². The lowest BCUT2D eigenvalue weighted by Crippen LogP contribution is -2.08. The van der Waals surface area contributed by atoms with Gasteiger partial charge in [-0.15, -0.1) is 0 Å². The molecule has 1 N–H and O–H groups in total. The largest absolute Gasteiger partial charge is 0.493 e. The van der Waals surface area contributed by atoms with Crippen molar-refractivity contribution in [2.24, 2.45) is 11.1 Å². The molecule has 0 spiro atoms. The predicted molar refractivity (Wildman–Crippen MR) is 70.0 cm³/mol. The number of nitrogens with zero attached hydrogens (tertiary/aromatic N) is 1. The summed E-state index contributed by atoms with van der Waals surface area (Å²) in [6, 6.07) is 7.61. The fraction of sp³-hybridized carbons (Fsp3) is 0.500. The van der Waals surface area contributed by atoms with Gasteiger partial charge in [0.1, 0.15) is 5.75 Å². The van der Waals surface area contributed by atoms with Crippen LogP contribution in [0, 0.1) is 5.92 Å². The quantitative estimate of drug-likeness (QED) is 0.464. The Kier molecular flexibility index (Phi) is 5.53. The summed E-state index contributed by atoms with van der Waals surface area (Å²) in [5.74, 6) is 1.45. The van der Waals surface area contributed by atoms with E-state index in [0.717, 1.165) is 17.9 Å². The Bertz CT molecular complexity index is 357. The van der Waals surface area contributed by atoms with Crippen molar-refractivity contribution in [1.82, 2.24) is 0 Å². The second kappa shape index (κ2) is 6.94. The molecule has 0 aliphatic heterocycles. The van der Waals surface area contributed by atoms with Crippen LogP contribution in [0.5, 0.6) is 5.75 Å². The van der Waals surface area contributed by atoms with Crippen molar-refractivity contribution in [3.05, 3.63) is 29.8 Å². The average Bonchev–Trinajstić information content (AvgIpc) is 2.36. The zero-order chi connectivity index (χ0) is 12.7. The normalized spacial score (nSPS) is 13.5. The van der Waals surface area contributed by atoms with Crippen LogP contribution in [-0.4, -0.2) is 17.5 Å². The summed E-state index contributed by atoms with van der Waals surface area (Å²) in [6.45, 7) is 6.89. The van der Waals surface area contributed by atoms with Crippen molar-refractivity contribution in [3.8, 4) is 5.75 Å². The van der Waals surface area contributed by atoms with E-state index in [4.69, 9.17) is 9.94 Å². The standard InChI is InChI=1S/C14H21NO2/c1-4-5-11(2)10-17-14-8-6-13(7-9-14)12(3)15-16/h6-9,11,16H,4-5,10H2,1-3H3/b15-12+. The highest BCUT2D eigenvalue weighted by atomic mass is 16.5. The molecule has 1 aromatic rings. The second-order valence-electron chi connectivity index (χ2n) is 4.41. The summed E-state index contributed by atoms with van der Waals surface area (Å²) in [6.07, 6.45) is 2.38. The van der Waals surface area contributed by atoms with Gasteiger partial charge in [-0.25, -0.2) is 0 Å². The molecule has 0 fully saturated rings. The van der Waals surface area contributed by atoms with Gasteiger partial charge < -0.3 is 9.94 Å². The van der Waals surface area contributed by atoms with Gasteiger partial charge in [-0.3, -0.25) is 0 Å². The number of hydrogen-bond acceptors (Lipinski definition) is 3. The number of hydrogen-bond donors (Lipinski definition) is 1. The van der Waals surface area contributed by atoms with Crippen molar-refractivity contribution < 1.29 is 9.94 Å². The van der Waals surface area contributed by atoms with E-state index in [-0.39, 0.29) is 0 Å². The van der Waals surface area contributed by atoms with Crippen LogP contribution in [0.1, 0.15) is 39.2 Å². The van der Waals surface area contributed by atoms with Gasteiger partial charge in [0.05, 0.1) is 12.3 Å². The van der Waals surface area contributed by atoms with Crippen LogP contribution in [0.15, 0.2) is 29.4 Å². The summed E-state index contributed by atoms with van der Waals surface area (Å²) in [5, 5.41) is 11.8. The molecule has 0 saturated heterocycles. The molecule has 0 aromatic heterocycles. The second-order valence-corrected chi connectivity index (χ2v) is 4.41. The van der Waals surface area contributed by atoms with E-state index < -0.39 is 0 Å². The van der Waals surface area contributed by atoms with Gasteiger partial charge in [-0.05, 0) is 49.1 Å². The maximum absolute atomic E-state index is 8.65. The first kappa shape index (κ1) is 13.6. The van der Waals surface area contributed by atoms with Crippen molar-refractivity contribution in [3.63, 3.8) is 0 Å². The Morgan fingerprint density at radius 3 is 2.53 bits per heavy atom. The molecule has 0 aliphatic rings. The van der Waals surface area contributed by atoms with Crippen molar-refractivity contribution >= 4 is 5.71 Å². The Hall–Kier alpha value is -1.51. The fourth-order valence-electron chi connectivity index (χ4n) is 1.66. The highest BCUT2D eigenvalue weighted by molar-refractivity contribution is 5.98. The molecule has 0 heterocycles. The Labute approximate surface area is 103 Å². The van der Waals surface area contributed by atoms with E-state index in [1.807, 2.05) is 24.3 Å². The molecule has 3 nitrogen and oxygen atoms in total. The molecule has 1 atom stereocenters. The molecule has 0 bridgehead atoms. The number of oxime groups is 1. The van der Waals surface area contributed by atoms with Crippen LogP contribution < -0.4 is 4.74 Å². The topological polar surface area (TPSA) is 41.8 Å². The molecule has 3 heteroatoms. The number of rotatable bonds is 6. The molecule has 0 saturated carbocycles. The van der Waals surface area contributed by atoms with Crippen molar-refractivity contribution in [1.29, 1.82) is 0 Å². The molecular weight excluding hydrogens is 214 g/mol. The molecule has 1 unspecified atom stereocenters. The Morgan fingerprint density at radius 1 is 1.35 bits per heavy atom. The summed E-state index contributed by atoms with van der Waals surface area (Å²) < 4.78 is 5.69. The lowest BCUT2D eigenvalue weighted by Gasteiger charge is -2.12. The molecule has 94 valence electrons. The molecule has 17 heavy (non-hydrogen) atoms. The zero-order valence-corrected chi connectivity index (χ0v) is 10.8. The van der Waals surface area contributed by atoms with Gasteiger partial charge in [-0.2, -0.15) is 0 Å². The monoisotopic (exact) mass is 235 g/mol. The summed E-state index contributed by atoms with van der Waals surface area (Å²) >= 11 is 0. The van der Waals surface area contributed by atoms with Gasteiger partial charge in [0.25, 0.3) is 0 Å². The fourth-order valence-corrected chi connectivity index (χ4v) is 1.66. The highest BCUT2D eigenvalue weighted by Crippen LogP contribution is 2.15. The Morgan fingerprint density at radius 2 is 2.00 bits per heavy atom.